The van der Waals surface area contributed by atoms with E-state index >= 15 is 0 Å². The number of epoxide rings is 1. The molecule has 8 heterocycles. The number of aliphatic imine (C=N–C) groups is 1. The summed E-state index contributed by atoms with van der Waals surface area (Å²) in [7, 11) is 0. The fourth-order valence-electron chi connectivity index (χ4n) is 8.75. The normalized spacial score (nSPS) is 25.1. The molecule has 4 atom stereocenters. The highest BCUT2D eigenvalue weighted by Gasteiger charge is 2.64. The van der Waals surface area contributed by atoms with Gasteiger partial charge in [-0.15, -0.1) is 0 Å². The number of hydrogen-bond donors (Lipinski definition) is 3. The molecule has 0 aliphatic carbocycles. The quantitative estimate of drug-likeness (QED) is 0.164. The summed E-state index contributed by atoms with van der Waals surface area (Å²) < 4.78 is 24.8. The molecule has 0 amide bonds. The maximum absolute atomic E-state index is 14.1. The fourth-order valence-corrected chi connectivity index (χ4v) is 8.75. The van der Waals surface area contributed by atoms with E-state index in [1.165, 1.54) is 6.07 Å². The summed E-state index contributed by atoms with van der Waals surface area (Å²) in [4.78, 5) is 42.8. The van der Waals surface area contributed by atoms with Gasteiger partial charge in [-0.25, -0.2) is 14.8 Å². The number of allylic oxidation sites excluding steroid dienone is 1. The summed E-state index contributed by atoms with van der Waals surface area (Å²) >= 11 is 0. The van der Waals surface area contributed by atoms with Crippen LogP contribution in [0.3, 0.4) is 0 Å². The molecule has 2 saturated heterocycles. The summed E-state index contributed by atoms with van der Waals surface area (Å²) in [6, 6.07) is 10.6. The van der Waals surface area contributed by atoms with Crippen LogP contribution in [0.5, 0.6) is 11.5 Å². The number of aromatic hydroxyl groups is 1. The molecule has 278 valence electrons. The third-order valence-electron chi connectivity index (χ3n) is 11.3. The largest absolute Gasteiger partial charge is 0.507 e. The summed E-state index contributed by atoms with van der Waals surface area (Å²) in [5.41, 5.74) is 16.4. The van der Waals surface area contributed by atoms with Crippen LogP contribution in [-0.4, -0.2) is 61.6 Å². The Bertz CT molecular complexity index is 2400. The van der Waals surface area contributed by atoms with E-state index in [0.29, 0.717) is 66.6 Å². The van der Waals surface area contributed by atoms with E-state index in [2.05, 4.69) is 26.1 Å². The molecule has 54 heavy (non-hydrogen) atoms. The standard InChI is InChI=1S/C41H42N6O7/c1-21-12-29(48)36-30(51-21)17-31-35(37(36)49)26-6-4-5-10-41(39(50)52-38(26)40(2,3)53-31)32(54-41)8-7-22-13-27(46-33(42)14-22)24-15-25(45-34(43)16-24)19-47-18-23-9-11-44-28(23)20-47/h9,11-18,26,32,38,49H,4-8,10,19-20H2,1-3H3,(H2,42,46)(H2,43,45). The lowest BCUT2D eigenvalue weighted by molar-refractivity contribution is -0.170. The Morgan fingerprint density at radius 2 is 1.87 bits per heavy atom. The van der Waals surface area contributed by atoms with Gasteiger partial charge in [-0.3, -0.25) is 9.79 Å². The van der Waals surface area contributed by atoms with Gasteiger partial charge < -0.3 is 40.1 Å². The third-order valence-corrected chi connectivity index (χ3v) is 11.3. The molecular weight excluding hydrogens is 688 g/mol. The number of carbonyl (C=O) groups is 1. The van der Waals surface area contributed by atoms with Crippen molar-refractivity contribution in [2.75, 3.05) is 18.0 Å². The number of phenolic OH excluding ortho intramolecular Hbond substituents is 1. The number of rotatable bonds is 6. The predicted octanol–water partition coefficient (Wildman–Crippen LogP) is 5.61. The number of phenols is 1. The van der Waals surface area contributed by atoms with Gasteiger partial charge in [-0.1, -0.05) is 6.42 Å². The Morgan fingerprint density at radius 3 is 2.70 bits per heavy atom. The highest BCUT2D eigenvalue weighted by molar-refractivity contribution is 6.07. The van der Waals surface area contributed by atoms with Gasteiger partial charge in [0.2, 0.25) is 0 Å². The van der Waals surface area contributed by atoms with Crippen molar-refractivity contribution in [1.82, 2.24) is 14.9 Å². The molecule has 1 aromatic carbocycles. The van der Waals surface area contributed by atoms with Crippen molar-refractivity contribution in [2.45, 2.75) is 95.2 Å². The molecule has 5 aliphatic rings. The molecule has 5 N–H and O–H groups in total. The molecule has 0 bridgehead atoms. The average Bonchev–Trinajstić information content (AvgIpc) is 3.38. The number of fused-ring (bicyclic) bond motifs is 5. The number of aryl methyl sites for hydroxylation is 2. The van der Waals surface area contributed by atoms with E-state index in [1.807, 2.05) is 44.3 Å². The number of aromatic nitrogens is 2. The number of hydrogen-bond acceptors (Lipinski definition) is 13. The second kappa shape index (κ2) is 12.4. The van der Waals surface area contributed by atoms with Crippen molar-refractivity contribution < 1.29 is 28.5 Å². The fraction of sp³-hybridized carbons (Fsp3) is 0.390. The Balaban J connectivity index is 0.921. The number of pyridine rings is 2. The maximum Gasteiger partial charge on any atom is 0.341 e. The summed E-state index contributed by atoms with van der Waals surface area (Å²) in [5.74, 6) is 0.610. The number of nitrogens with zero attached hydrogens (tertiary/aromatic N) is 4. The monoisotopic (exact) mass is 730 g/mol. The lowest BCUT2D eigenvalue weighted by atomic mass is 9.77. The Kier molecular flexibility index (Phi) is 7.86. The van der Waals surface area contributed by atoms with Gasteiger partial charge in [0.15, 0.2) is 11.0 Å². The van der Waals surface area contributed by atoms with E-state index in [4.69, 9.17) is 30.1 Å². The van der Waals surface area contributed by atoms with E-state index in [9.17, 15) is 14.7 Å². The lowest BCUT2D eigenvalue weighted by Gasteiger charge is -2.44. The van der Waals surface area contributed by atoms with E-state index < -0.39 is 29.2 Å². The summed E-state index contributed by atoms with van der Waals surface area (Å²) in [6.45, 7) is 6.72. The zero-order valence-corrected chi connectivity index (χ0v) is 30.4. The molecule has 2 fully saturated rings. The number of nitrogen functional groups attached to an aromatic ring is 2. The molecule has 9 rings (SSSR count). The van der Waals surface area contributed by atoms with Gasteiger partial charge in [-0.05, 0) is 88.8 Å². The van der Waals surface area contributed by atoms with Crippen LogP contribution >= 0.6 is 0 Å². The number of esters is 1. The minimum atomic E-state index is -1.07. The first-order valence-electron chi connectivity index (χ1n) is 18.5. The van der Waals surface area contributed by atoms with Crippen molar-refractivity contribution in [3.63, 3.8) is 0 Å². The third kappa shape index (κ3) is 5.87. The molecule has 13 heteroatoms. The SMILES string of the molecule is Cc1cc(=O)c2c(O)c3c(cc2o1)OC(C)(C)C1OC(=O)C2(CCCCC31)OC2CCc1cc(N)nc(-c2cc(N)nc(CN3C=C4C=CN=C4C3)c2)c1. The number of carbonyl (C=O) groups excluding carboxylic acids is 1. The number of anilines is 2. The van der Waals surface area contributed by atoms with Crippen LogP contribution < -0.4 is 21.6 Å². The van der Waals surface area contributed by atoms with Crippen LogP contribution in [0, 0.1) is 6.92 Å². The average molecular weight is 731 g/mol. The smallest absolute Gasteiger partial charge is 0.341 e. The van der Waals surface area contributed by atoms with Crippen LogP contribution in [0.25, 0.3) is 22.2 Å². The van der Waals surface area contributed by atoms with Crippen molar-refractivity contribution >= 4 is 34.3 Å². The number of nitrogens with two attached hydrogens (primary N) is 2. The molecular formula is C41H42N6O7. The highest BCUT2D eigenvalue weighted by Crippen LogP contribution is 2.53. The van der Waals surface area contributed by atoms with Gasteiger partial charge in [0.25, 0.3) is 0 Å². The molecule has 0 saturated carbocycles. The molecule has 5 aliphatic heterocycles. The minimum Gasteiger partial charge on any atom is -0.507 e. The van der Waals surface area contributed by atoms with Crippen molar-refractivity contribution in [1.29, 1.82) is 0 Å². The molecule has 3 aromatic heterocycles. The van der Waals surface area contributed by atoms with Crippen LogP contribution in [-0.2, 0) is 27.2 Å². The second-order valence-electron chi connectivity index (χ2n) is 15.6. The van der Waals surface area contributed by atoms with Gasteiger partial charge in [0.05, 0.1) is 36.3 Å². The van der Waals surface area contributed by atoms with E-state index in [0.717, 1.165) is 47.5 Å². The van der Waals surface area contributed by atoms with Gasteiger partial charge >= 0.3 is 5.97 Å². The Morgan fingerprint density at radius 1 is 1.04 bits per heavy atom. The first kappa shape index (κ1) is 34.1. The van der Waals surface area contributed by atoms with Gasteiger partial charge in [0, 0.05) is 47.2 Å². The van der Waals surface area contributed by atoms with E-state index in [1.54, 1.807) is 19.1 Å². The Labute approximate surface area is 311 Å². The summed E-state index contributed by atoms with van der Waals surface area (Å²) in [6.07, 6.45) is 8.61. The summed E-state index contributed by atoms with van der Waals surface area (Å²) in [5, 5.41) is 11.6. The first-order chi connectivity index (χ1) is 25.9. The van der Waals surface area contributed by atoms with E-state index in [-0.39, 0.29) is 28.3 Å². The Hall–Kier alpha value is -5.69. The van der Waals surface area contributed by atoms with Crippen LogP contribution in [0.1, 0.15) is 74.5 Å². The van der Waals surface area contributed by atoms with Crippen LogP contribution in [0.2, 0.25) is 0 Å². The topological polar surface area (TPSA) is 192 Å². The van der Waals surface area contributed by atoms with Crippen molar-refractivity contribution in [3.05, 3.63) is 93.3 Å². The van der Waals surface area contributed by atoms with Crippen molar-refractivity contribution in [3.8, 4) is 22.8 Å². The molecule has 4 aromatic rings. The number of ether oxygens (including phenoxy) is 3. The van der Waals surface area contributed by atoms with Gasteiger partial charge in [0.1, 0.15) is 51.6 Å². The maximum atomic E-state index is 14.1. The highest BCUT2D eigenvalue weighted by atomic mass is 16.7. The van der Waals surface area contributed by atoms with Crippen molar-refractivity contribution in [2.24, 2.45) is 4.99 Å². The molecule has 13 nitrogen and oxygen atoms in total. The van der Waals surface area contributed by atoms with Crippen LogP contribution in [0.4, 0.5) is 11.6 Å². The second-order valence-corrected chi connectivity index (χ2v) is 15.6. The molecule has 0 radical (unpaired) electrons. The molecule has 1 spiro atoms. The zero-order chi connectivity index (χ0) is 37.5. The van der Waals surface area contributed by atoms with Gasteiger partial charge in [-0.2, -0.15) is 0 Å². The number of benzene rings is 1. The lowest BCUT2D eigenvalue weighted by Crippen LogP contribution is -2.52. The predicted molar refractivity (Wildman–Crippen MR) is 202 cm³/mol. The zero-order valence-electron chi connectivity index (χ0n) is 30.4. The minimum absolute atomic E-state index is 0.0953. The van der Waals surface area contributed by atoms with Crippen LogP contribution in [0.15, 0.2) is 74.7 Å². The first-order valence-corrected chi connectivity index (χ1v) is 18.5. The molecule has 4 unspecified atom stereocenters.